The highest BCUT2D eigenvalue weighted by molar-refractivity contribution is 5.50. The Labute approximate surface area is 262 Å². The van der Waals surface area contributed by atoms with Crippen LogP contribution in [0.1, 0.15) is 112 Å². The van der Waals surface area contributed by atoms with E-state index in [4.69, 9.17) is 9.47 Å². The molecule has 6 aliphatic carbocycles. The zero-order valence-corrected chi connectivity index (χ0v) is 27.0. The Hall–Kier alpha value is -2.44. The maximum atomic E-state index is 10.4. The highest BCUT2D eigenvalue weighted by Gasteiger charge is 2.55. The number of rotatable bonds is 2. The van der Waals surface area contributed by atoms with Gasteiger partial charge in [0.25, 0.3) is 0 Å². The van der Waals surface area contributed by atoms with Gasteiger partial charge < -0.3 is 29.9 Å². The maximum Gasteiger partial charge on any atom is 0.160 e. The Morgan fingerprint density at radius 3 is 1.39 bits per heavy atom. The fourth-order valence-corrected chi connectivity index (χ4v) is 11.4. The Kier molecular flexibility index (Phi) is 7.64. The second-order valence-corrected chi connectivity index (χ2v) is 15.6. The van der Waals surface area contributed by atoms with Crippen molar-refractivity contribution in [1.82, 2.24) is 0 Å². The molecule has 4 saturated carbocycles. The van der Waals surface area contributed by atoms with Gasteiger partial charge >= 0.3 is 0 Å². The van der Waals surface area contributed by atoms with E-state index in [9.17, 15) is 20.4 Å². The standard InChI is InChI=1S/2C19H26O3/c2*1-19-8-7-12-13(15(19)5-6-18(19)21)4-3-11-9-16(20)17(22-2)10-14(11)12/h2*9-10,12-13,15,18,20-21H,3-8H2,1-2H3/t2*12-,13+,15-,18?,19-/m00/s1. The average Bonchev–Trinajstić information content (AvgIpc) is 3.50. The van der Waals surface area contributed by atoms with Crippen molar-refractivity contribution in [3.63, 3.8) is 0 Å². The van der Waals surface area contributed by atoms with Crippen molar-refractivity contribution in [2.45, 2.75) is 115 Å². The zero-order chi connectivity index (χ0) is 31.0. The van der Waals surface area contributed by atoms with Gasteiger partial charge in [0.1, 0.15) is 0 Å². The van der Waals surface area contributed by atoms with Crippen molar-refractivity contribution in [1.29, 1.82) is 0 Å². The van der Waals surface area contributed by atoms with Gasteiger partial charge in [-0.05, 0) is 170 Å². The molecule has 6 nitrogen and oxygen atoms in total. The van der Waals surface area contributed by atoms with Crippen LogP contribution >= 0.6 is 0 Å². The van der Waals surface area contributed by atoms with Gasteiger partial charge in [0.2, 0.25) is 0 Å². The summed E-state index contributed by atoms with van der Waals surface area (Å²) >= 11 is 0. The summed E-state index contributed by atoms with van der Waals surface area (Å²) in [6, 6.07) is 7.94. The zero-order valence-electron chi connectivity index (χ0n) is 27.0. The number of hydrogen-bond donors (Lipinski definition) is 4. The summed E-state index contributed by atoms with van der Waals surface area (Å²) in [4.78, 5) is 0. The fourth-order valence-electron chi connectivity index (χ4n) is 11.4. The number of aryl methyl sites for hydroxylation is 2. The Balaban J connectivity index is 0.000000142. The first-order valence-electron chi connectivity index (χ1n) is 17.2. The summed E-state index contributed by atoms with van der Waals surface area (Å²) in [5.41, 5.74) is 5.60. The van der Waals surface area contributed by atoms with E-state index in [1.54, 1.807) is 14.2 Å². The van der Waals surface area contributed by atoms with Gasteiger partial charge in [-0.3, -0.25) is 0 Å². The Bertz CT molecular complexity index is 1300. The number of aliphatic hydroxyl groups is 2. The van der Waals surface area contributed by atoms with Gasteiger partial charge in [-0.1, -0.05) is 13.8 Å². The molecule has 8 rings (SSSR count). The van der Waals surface area contributed by atoms with E-state index < -0.39 is 0 Å². The van der Waals surface area contributed by atoms with Crippen LogP contribution in [0.5, 0.6) is 23.0 Å². The molecule has 0 bridgehead atoms. The lowest BCUT2D eigenvalue weighted by molar-refractivity contribution is -0.0226. The number of fused-ring (bicyclic) bond motifs is 10. The van der Waals surface area contributed by atoms with Crippen LogP contribution in [0.25, 0.3) is 0 Å². The van der Waals surface area contributed by atoms with Gasteiger partial charge in [-0.2, -0.15) is 0 Å². The predicted molar refractivity (Wildman–Crippen MR) is 171 cm³/mol. The molecule has 2 aromatic rings. The van der Waals surface area contributed by atoms with Crippen LogP contribution in [0, 0.1) is 34.5 Å². The van der Waals surface area contributed by atoms with Gasteiger partial charge in [-0.25, -0.2) is 0 Å². The molecular formula is C38H52O6. The monoisotopic (exact) mass is 604 g/mol. The van der Waals surface area contributed by atoms with E-state index in [1.165, 1.54) is 47.9 Å². The van der Waals surface area contributed by atoms with Crippen LogP contribution in [0.15, 0.2) is 24.3 Å². The molecule has 0 spiro atoms. The molecule has 0 heterocycles. The Morgan fingerprint density at radius 1 is 0.591 bits per heavy atom. The first-order valence-corrected chi connectivity index (χ1v) is 17.2. The van der Waals surface area contributed by atoms with Crippen molar-refractivity contribution in [2.24, 2.45) is 34.5 Å². The number of ether oxygens (including phenoxy) is 2. The lowest BCUT2D eigenvalue weighted by Crippen LogP contribution is -2.43. The van der Waals surface area contributed by atoms with Crippen LogP contribution in [0.4, 0.5) is 0 Å². The molecule has 44 heavy (non-hydrogen) atoms. The molecule has 0 aliphatic heterocycles. The molecule has 240 valence electrons. The molecular weight excluding hydrogens is 552 g/mol. The van der Waals surface area contributed by atoms with Crippen molar-refractivity contribution < 1.29 is 29.9 Å². The molecule has 6 aliphatic rings. The van der Waals surface area contributed by atoms with Gasteiger partial charge in [0.05, 0.1) is 26.4 Å². The quantitative estimate of drug-likeness (QED) is 0.289. The molecule has 0 radical (unpaired) electrons. The van der Waals surface area contributed by atoms with Crippen molar-refractivity contribution in [2.75, 3.05) is 14.2 Å². The van der Waals surface area contributed by atoms with E-state index in [0.717, 1.165) is 51.4 Å². The number of aromatic hydroxyl groups is 2. The van der Waals surface area contributed by atoms with E-state index in [0.29, 0.717) is 47.0 Å². The van der Waals surface area contributed by atoms with Gasteiger partial charge in [0, 0.05) is 0 Å². The van der Waals surface area contributed by atoms with Crippen molar-refractivity contribution >= 4 is 0 Å². The van der Waals surface area contributed by atoms with E-state index in [-0.39, 0.29) is 34.5 Å². The molecule has 0 amide bonds. The number of phenols is 2. The summed E-state index contributed by atoms with van der Waals surface area (Å²) in [6.45, 7) is 4.61. The fraction of sp³-hybridized carbons (Fsp3) is 0.684. The minimum Gasteiger partial charge on any atom is -0.504 e. The Morgan fingerprint density at radius 2 is 1.00 bits per heavy atom. The third-order valence-electron chi connectivity index (χ3n) is 13.9. The van der Waals surface area contributed by atoms with Crippen LogP contribution in [0.2, 0.25) is 0 Å². The predicted octanol–water partition coefficient (Wildman–Crippen LogP) is 7.24. The lowest BCUT2D eigenvalue weighted by atomic mass is 9.55. The number of benzene rings is 2. The molecule has 2 unspecified atom stereocenters. The first-order chi connectivity index (χ1) is 21.1. The molecule has 4 fully saturated rings. The first kappa shape index (κ1) is 30.2. The molecule has 6 heteroatoms. The topological polar surface area (TPSA) is 99.4 Å². The third kappa shape index (κ3) is 4.56. The maximum absolute atomic E-state index is 10.4. The number of hydrogen-bond acceptors (Lipinski definition) is 6. The van der Waals surface area contributed by atoms with E-state index >= 15 is 0 Å². The normalized spacial score (nSPS) is 39.8. The highest BCUT2D eigenvalue weighted by Crippen LogP contribution is 2.62. The average molecular weight is 605 g/mol. The number of aliphatic hydroxyl groups excluding tert-OH is 2. The molecule has 4 N–H and O–H groups in total. The number of phenolic OH excluding ortho intramolecular Hbond substituents is 2. The van der Waals surface area contributed by atoms with Crippen LogP contribution in [0.3, 0.4) is 0 Å². The summed E-state index contributed by atoms with van der Waals surface area (Å²) in [6.07, 6.45) is 13.0. The summed E-state index contributed by atoms with van der Waals surface area (Å²) in [7, 11) is 3.24. The lowest BCUT2D eigenvalue weighted by Gasteiger charge is -2.50. The largest absolute Gasteiger partial charge is 0.504 e. The van der Waals surface area contributed by atoms with Crippen LogP contribution in [-0.4, -0.2) is 46.9 Å². The highest BCUT2D eigenvalue weighted by atomic mass is 16.5. The summed E-state index contributed by atoms with van der Waals surface area (Å²) < 4.78 is 10.6. The third-order valence-corrected chi connectivity index (χ3v) is 13.9. The van der Waals surface area contributed by atoms with Crippen LogP contribution in [-0.2, 0) is 12.8 Å². The van der Waals surface area contributed by atoms with Gasteiger partial charge in [0.15, 0.2) is 23.0 Å². The SMILES string of the molecule is COc1cc2c(cc1O)CC[C@@H]1[C@@H]2CC[C@]2(C)C(O)CC[C@@H]12.COc1cc2c(cc1O)CC[C@@H]1[C@@H]2CC[C@]2(C)C(O)CC[C@@H]12. The summed E-state index contributed by atoms with van der Waals surface area (Å²) in [5, 5.41) is 40.9. The molecule has 0 saturated heterocycles. The minimum atomic E-state index is -0.116. The van der Waals surface area contributed by atoms with Crippen molar-refractivity contribution in [3.05, 3.63) is 46.5 Å². The summed E-state index contributed by atoms with van der Waals surface area (Å²) in [5.74, 6) is 5.51. The van der Waals surface area contributed by atoms with Crippen molar-refractivity contribution in [3.8, 4) is 23.0 Å². The number of methoxy groups -OCH3 is 2. The molecule has 10 atom stereocenters. The van der Waals surface area contributed by atoms with Gasteiger partial charge in [-0.15, -0.1) is 0 Å². The second kappa shape index (κ2) is 11.1. The minimum absolute atomic E-state index is 0.116. The smallest absolute Gasteiger partial charge is 0.160 e. The molecule has 2 aromatic carbocycles. The second-order valence-electron chi connectivity index (χ2n) is 15.6. The molecule has 0 aromatic heterocycles. The van der Waals surface area contributed by atoms with E-state index in [1.807, 2.05) is 12.1 Å². The van der Waals surface area contributed by atoms with E-state index in [2.05, 4.69) is 26.0 Å². The van der Waals surface area contributed by atoms with Crippen LogP contribution < -0.4 is 9.47 Å².